The summed E-state index contributed by atoms with van der Waals surface area (Å²) >= 11 is 0. The number of hydrogen-bond acceptors (Lipinski definition) is 4. The molecule has 0 radical (unpaired) electrons. The van der Waals surface area contributed by atoms with Crippen LogP contribution < -0.4 is 4.72 Å². The molecule has 1 amide bonds. The van der Waals surface area contributed by atoms with Crippen LogP contribution in [0.3, 0.4) is 0 Å². The van der Waals surface area contributed by atoms with E-state index in [1.165, 1.54) is 0 Å². The highest BCUT2D eigenvalue weighted by Gasteiger charge is 2.62. The van der Waals surface area contributed by atoms with Gasteiger partial charge in [-0.25, -0.2) is 21.9 Å². The molecule has 5 rings (SSSR count). The third-order valence-electron chi connectivity index (χ3n) is 7.39. The molecular formula is C25H28F2N2O4S. The number of benzene rings is 2. The maximum absolute atomic E-state index is 15.7. The maximum atomic E-state index is 15.7. The van der Waals surface area contributed by atoms with E-state index in [0.717, 1.165) is 25.0 Å². The molecule has 0 bridgehead atoms. The molecular weight excluding hydrogens is 462 g/mol. The van der Waals surface area contributed by atoms with Crippen LogP contribution in [0.25, 0.3) is 11.1 Å². The van der Waals surface area contributed by atoms with Crippen molar-refractivity contribution in [2.24, 2.45) is 5.41 Å². The largest absolute Gasteiger partial charge is 0.368 e. The predicted molar refractivity (Wildman–Crippen MR) is 123 cm³/mol. The molecule has 2 saturated heterocycles. The van der Waals surface area contributed by atoms with Crippen LogP contribution in [-0.4, -0.2) is 56.3 Å². The molecule has 1 unspecified atom stereocenters. The van der Waals surface area contributed by atoms with Gasteiger partial charge in [-0.2, -0.15) is 0 Å². The molecule has 9 heteroatoms. The Balaban J connectivity index is 1.53. The minimum Gasteiger partial charge on any atom is -0.368 e. The lowest BCUT2D eigenvalue weighted by Gasteiger charge is -2.34. The number of carbonyl (C=O) groups excluding carboxylic acids is 1. The molecule has 182 valence electrons. The maximum Gasteiger partial charge on any atom is 0.252 e. The van der Waals surface area contributed by atoms with Gasteiger partial charge in [-0.3, -0.25) is 4.79 Å². The van der Waals surface area contributed by atoms with Crippen LogP contribution >= 0.6 is 0 Å². The summed E-state index contributed by atoms with van der Waals surface area (Å²) in [6.07, 6.45) is 1.60. The van der Waals surface area contributed by atoms with Gasteiger partial charge in [0.15, 0.2) is 0 Å². The average molecular weight is 491 g/mol. The van der Waals surface area contributed by atoms with Gasteiger partial charge < -0.3 is 9.64 Å². The lowest BCUT2D eigenvalue weighted by Crippen LogP contribution is -2.53. The molecule has 0 aromatic heterocycles. The van der Waals surface area contributed by atoms with Crippen molar-refractivity contribution >= 4 is 15.9 Å². The fourth-order valence-electron chi connectivity index (χ4n) is 5.19. The normalized spacial score (nSPS) is 25.4. The number of halogens is 2. The van der Waals surface area contributed by atoms with Gasteiger partial charge in [0.2, 0.25) is 10.0 Å². The number of ether oxygens (including phenoxy) is 1. The Kier molecular flexibility index (Phi) is 5.98. The minimum absolute atomic E-state index is 0.000534. The molecule has 1 spiro atoms. The first-order chi connectivity index (χ1) is 16.2. The third kappa shape index (κ3) is 4.25. The highest BCUT2D eigenvalue weighted by atomic mass is 32.2. The molecule has 3 aliphatic rings. The Morgan fingerprint density at radius 1 is 1.21 bits per heavy atom. The second kappa shape index (κ2) is 8.70. The summed E-state index contributed by atoms with van der Waals surface area (Å²) < 4.78 is 63.5. The zero-order valence-corrected chi connectivity index (χ0v) is 19.8. The Bertz CT molecular complexity index is 1200. The number of likely N-dealkylation sites (tertiary alicyclic amines) is 1. The lowest BCUT2D eigenvalue weighted by molar-refractivity contribution is -0.157. The lowest BCUT2D eigenvalue weighted by atomic mass is 9.91. The number of amides is 1. The molecule has 2 aromatic rings. The van der Waals surface area contributed by atoms with Crippen LogP contribution in [-0.2, 0) is 26.0 Å². The highest BCUT2D eigenvalue weighted by Crippen LogP contribution is 2.56. The van der Waals surface area contributed by atoms with Gasteiger partial charge >= 0.3 is 0 Å². The van der Waals surface area contributed by atoms with Crippen molar-refractivity contribution in [2.75, 3.05) is 18.9 Å². The second-order valence-corrected chi connectivity index (χ2v) is 11.6. The smallest absolute Gasteiger partial charge is 0.252 e. The zero-order chi connectivity index (χ0) is 24.1. The van der Waals surface area contributed by atoms with Crippen molar-refractivity contribution in [2.45, 2.75) is 50.8 Å². The summed E-state index contributed by atoms with van der Waals surface area (Å²) in [5, 5.41) is 0. The quantitative estimate of drug-likeness (QED) is 0.647. The molecule has 2 aliphatic heterocycles. The molecule has 2 heterocycles. The van der Waals surface area contributed by atoms with Crippen LogP contribution in [0.4, 0.5) is 8.78 Å². The molecule has 1 saturated carbocycles. The van der Waals surface area contributed by atoms with Crippen molar-refractivity contribution in [1.82, 2.24) is 9.62 Å². The SMILES string of the molecule is CCS(=O)(=O)N[C@@H]1[C@H](Cc2cc(F)cc(-c3ccccc3)c2F)N(C(=O)C2CCO2)CC12CC2. The van der Waals surface area contributed by atoms with E-state index in [4.69, 9.17) is 4.74 Å². The first kappa shape index (κ1) is 23.4. The van der Waals surface area contributed by atoms with E-state index < -0.39 is 39.8 Å². The Hall–Kier alpha value is -2.36. The zero-order valence-electron chi connectivity index (χ0n) is 19.0. The van der Waals surface area contributed by atoms with Crippen LogP contribution in [0.15, 0.2) is 42.5 Å². The van der Waals surface area contributed by atoms with Crippen molar-refractivity contribution in [3.8, 4) is 11.1 Å². The van der Waals surface area contributed by atoms with Crippen molar-refractivity contribution in [1.29, 1.82) is 0 Å². The molecule has 34 heavy (non-hydrogen) atoms. The molecule has 1 aliphatic carbocycles. The van der Waals surface area contributed by atoms with Gasteiger partial charge in [-0.1, -0.05) is 30.3 Å². The van der Waals surface area contributed by atoms with Crippen molar-refractivity contribution < 1.29 is 26.7 Å². The first-order valence-corrected chi connectivity index (χ1v) is 13.3. The van der Waals surface area contributed by atoms with Gasteiger partial charge in [0, 0.05) is 30.0 Å². The predicted octanol–water partition coefficient (Wildman–Crippen LogP) is 3.26. The Morgan fingerprint density at radius 3 is 2.50 bits per heavy atom. The van der Waals surface area contributed by atoms with Gasteiger partial charge in [-0.05, 0) is 49.4 Å². The first-order valence-electron chi connectivity index (χ1n) is 11.7. The number of nitrogens with zero attached hydrogens (tertiary/aromatic N) is 1. The van der Waals surface area contributed by atoms with Gasteiger partial charge in [0.05, 0.1) is 18.4 Å². The van der Waals surface area contributed by atoms with E-state index in [1.807, 2.05) is 0 Å². The summed E-state index contributed by atoms with van der Waals surface area (Å²) in [4.78, 5) is 14.9. The van der Waals surface area contributed by atoms with Crippen molar-refractivity contribution in [3.05, 3.63) is 59.7 Å². The molecule has 3 atom stereocenters. The number of sulfonamides is 1. The van der Waals surface area contributed by atoms with Gasteiger partial charge in [0.25, 0.3) is 5.91 Å². The van der Waals surface area contributed by atoms with Crippen molar-refractivity contribution in [3.63, 3.8) is 0 Å². The second-order valence-electron chi connectivity index (χ2n) is 9.54. The molecule has 1 N–H and O–H groups in total. The summed E-state index contributed by atoms with van der Waals surface area (Å²) in [6, 6.07) is 9.82. The topological polar surface area (TPSA) is 75.7 Å². The molecule has 2 aromatic carbocycles. The van der Waals surface area contributed by atoms with Crippen LogP contribution in [0.1, 0.15) is 31.7 Å². The highest BCUT2D eigenvalue weighted by molar-refractivity contribution is 7.89. The number of carbonyl (C=O) groups is 1. The van der Waals surface area contributed by atoms with Crippen LogP contribution in [0.2, 0.25) is 0 Å². The van der Waals surface area contributed by atoms with E-state index in [0.29, 0.717) is 25.1 Å². The summed E-state index contributed by atoms with van der Waals surface area (Å²) in [5.74, 6) is -1.45. The summed E-state index contributed by atoms with van der Waals surface area (Å²) in [5.41, 5.74) is 0.429. The average Bonchev–Trinajstić information content (AvgIpc) is 3.50. The summed E-state index contributed by atoms with van der Waals surface area (Å²) in [6.45, 7) is 2.44. The van der Waals surface area contributed by atoms with E-state index >= 15 is 4.39 Å². The summed E-state index contributed by atoms with van der Waals surface area (Å²) in [7, 11) is -3.58. The number of hydrogen-bond donors (Lipinski definition) is 1. The number of rotatable bonds is 7. The van der Waals surface area contributed by atoms with E-state index in [-0.39, 0.29) is 34.6 Å². The molecule has 3 fully saturated rings. The van der Waals surface area contributed by atoms with E-state index in [2.05, 4.69) is 4.72 Å². The third-order valence-corrected chi connectivity index (χ3v) is 8.77. The van der Waals surface area contributed by atoms with E-state index in [9.17, 15) is 17.6 Å². The van der Waals surface area contributed by atoms with Crippen LogP contribution in [0.5, 0.6) is 0 Å². The Labute approximate surface area is 198 Å². The fraction of sp³-hybridized carbons (Fsp3) is 0.480. The van der Waals surface area contributed by atoms with Gasteiger partial charge in [0.1, 0.15) is 17.7 Å². The minimum atomic E-state index is -3.58. The van der Waals surface area contributed by atoms with E-state index in [1.54, 1.807) is 42.2 Å². The van der Waals surface area contributed by atoms with Crippen LogP contribution in [0, 0.1) is 17.0 Å². The fourth-order valence-corrected chi connectivity index (χ4v) is 6.15. The standard InChI is InChI=1S/C25H28F2N2O4S/c1-2-34(31,32)28-23-20(29(15-25(23)9-10-25)24(30)21-8-11-33-21)13-17-12-18(26)14-19(22(17)27)16-6-4-3-5-7-16/h3-7,12,14,20-21,23,28H,2,8-11,13,15H2,1H3/t20-,21?,23+/m0/s1. The Morgan fingerprint density at radius 2 is 1.91 bits per heavy atom. The monoisotopic (exact) mass is 490 g/mol. The number of nitrogens with one attached hydrogen (secondary N) is 1. The molecule has 6 nitrogen and oxygen atoms in total. The van der Waals surface area contributed by atoms with Gasteiger partial charge in [-0.15, -0.1) is 0 Å².